The van der Waals surface area contributed by atoms with Gasteiger partial charge in [-0.25, -0.2) is 0 Å². The summed E-state index contributed by atoms with van der Waals surface area (Å²) in [4.78, 5) is 15.9. The van der Waals surface area contributed by atoms with Crippen LogP contribution in [0, 0.1) is 0 Å². The van der Waals surface area contributed by atoms with Crippen molar-refractivity contribution in [1.29, 1.82) is 0 Å². The first-order valence-corrected chi connectivity index (χ1v) is 9.85. The molecule has 0 bridgehead atoms. The molecule has 1 N–H and O–H groups in total. The van der Waals surface area contributed by atoms with E-state index in [0.29, 0.717) is 15.7 Å². The average Bonchev–Trinajstić information content (AvgIpc) is 3.25. The van der Waals surface area contributed by atoms with E-state index in [-0.39, 0.29) is 18.6 Å². The van der Waals surface area contributed by atoms with Crippen LogP contribution < -0.4 is 5.32 Å². The van der Waals surface area contributed by atoms with E-state index in [9.17, 15) is 4.79 Å². The van der Waals surface area contributed by atoms with Gasteiger partial charge >= 0.3 is 0 Å². The van der Waals surface area contributed by atoms with Gasteiger partial charge in [-0.15, -0.1) is 11.3 Å². The number of nitrogens with zero attached hydrogens (tertiary/aromatic N) is 1. The van der Waals surface area contributed by atoms with E-state index in [1.165, 1.54) is 4.88 Å². The highest BCUT2D eigenvalue weighted by Gasteiger charge is 2.22. The Morgan fingerprint density at radius 2 is 2.08 bits per heavy atom. The van der Waals surface area contributed by atoms with E-state index < -0.39 is 0 Å². The summed E-state index contributed by atoms with van der Waals surface area (Å²) < 4.78 is 5.73. The Labute approximate surface area is 161 Å². The first-order chi connectivity index (χ1) is 12.1. The highest BCUT2D eigenvalue weighted by atomic mass is 35.5. The molecule has 134 valence electrons. The molecule has 1 aromatic carbocycles. The van der Waals surface area contributed by atoms with Crippen LogP contribution in [0.5, 0.6) is 0 Å². The van der Waals surface area contributed by atoms with Crippen molar-refractivity contribution in [3.05, 3.63) is 50.6 Å². The molecule has 2 aromatic rings. The van der Waals surface area contributed by atoms with Gasteiger partial charge in [0.2, 0.25) is 5.91 Å². The number of carbonyl (C=O) groups excluding carboxylic acids is 1. The molecule has 7 heteroatoms. The van der Waals surface area contributed by atoms with Crippen LogP contribution >= 0.6 is 34.5 Å². The van der Waals surface area contributed by atoms with E-state index in [1.54, 1.807) is 29.5 Å². The number of thiophene rings is 1. The van der Waals surface area contributed by atoms with Gasteiger partial charge in [0.15, 0.2) is 0 Å². The van der Waals surface area contributed by atoms with Gasteiger partial charge in [0, 0.05) is 24.6 Å². The fourth-order valence-corrected chi connectivity index (χ4v) is 4.12. The molecule has 3 rings (SSSR count). The molecule has 0 radical (unpaired) electrons. The fraction of sp³-hybridized carbons (Fsp3) is 0.389. The van der Waals surface area contributed by atoms with Gasteiger partial charge < -0.3 is 10.1 Å². The SMILES string of the molecule is O=C(CN(Cc1cccs1)C[C@H]1CCCO1)Nc1c(Cl)cccc1Cl. The van der Waals surface area contributed by atoms with Crippen molar-refractivity contribution in [2.75, 3.05) is 25.0 Å². The Kier molecular flexibility index (Phi) is 6.73. The summed E-state index contributed by atoms with van der Waals surface area (Å²) in [5.74, 6) is -0.135. The molecule has 1 atom stereocenters. The third kappa shape index (κ3) is 5.43. The van der Waals surface area contributed by atoms with Crippen LogP contribution in [0.15, 0.2) is 35.7 Å². The summed E-state index contributed by atoms with van der Waals surface area (Å²) in [6, 6.07) is 9.27. The Bertz CT molecular complexity index is 683. The number of halogens is 2. The molecule has 1 aliphatic rings. The number of hydrogen-bond donors (Lipinski definition) is 1. The lowest BCUT2D eigenvalue weighted by molar-refractivity contribution is -0.117. The molecule has 1 aromatic heterocycles. The standard InChI is InChI=1S/C18H20Cl2N2O2S/c19-15-6-1-7-16(20)18(15)21-17(23)12-22(10-13-4-2-8-24-13)11-14-5-3-9-25-14/h1,3,5-7,9,13H,2,4,8,10-12H2,(H,21,23)/t13-/m1/s1. The fourth-order valence-electron chi connectivity index (χ4n) is 2.88. The third-order valence-electron chi connectivity index (χ3n) is 4.04. The Morgan fingerprint density at radius 1 is 1.28 bits per heavy atom. The Morgan fingerprint density at radius 3 is 2.72 bits per heavy atom. The predicted molar refractivity (Wildman–Crippen MR) is 104 cm³/mol. The van der Waals surface area contributed by atoms with E-state index in [1.807, 2.05) is 11.4 Å². The summed E-state index contributed by atoms with van der Waals surface area (Å²) >= 11 is 14.0. The monoisotopic (exact) mass is 398 g/mol. The van der Waals surface area contributed by atoms with Crippen LogP contribution in [0.3, 0.4) is 0 Å². The van der Waals surface area contributed by atoms with Gasteiger partial charge in [-0.2, -0.15) is 0 Å². The summed E-state index contributed by atoms with van der Waals surface area (Å²) in [6.45, 7) is 2.53. The molecule has 25 heavy (non-hydrogen) atoms. The maximum absolute atomic E-state index is 12.5. The number of ether oxygens (including phenoxy) is 1. The van der Waals surface area contributed by atoms with Gasteiger partial charge in [0.1, 0.15) is 0 Å². The lowest BCUT2D eigenvalue weighted by atomic mass is 10.2. The van der Waals surface area contributed by atoms with Gasteiger partial charge in [0.05, 0.1) is 28.4 Å². The smallest absolute Gasteiger partial charge is 0.238 e. The normalized spacial score (nSPS) is 17.2. The average molecular weight is 399 g/mol. The minimum Gasteiger partial charge on any atom is -0.377 e. The number of rotatable bonds is 7. The summed E-state index contributed by atoms with van der Waals surface area (Å²) in [5, 5.41) is 5.75. The van der Waals surface area contributed by atoms with Crippen LogP contribution in [0.2, 0.25) is 10.0 Å². The minimum absolute atomic E-state index is 0.135. The zero-order chi connectivity index (χ0) is 17.6. The number of hydrogen-bond acceptors (Lipinski definition) is 4. The zero-order valence-corrected chi connectivity index (χ0v) is 16.0. The van der Waals surface area contributed by atoms with Crippen LogP contribution in [0.4, 0.5) is 5.69 Å². The second-order valence-electron chi connectivity index (χ2n) is 6.03. The molecule has 1 aliphatic heterocycles. The lowest BCUT2D eigenvalue weighted by Gasteiger charge is -2.24. The molecule has 1 fully saturated rings. The maximum atomic E-state index is 12.5. The number of amides is 1. The molecule has 1 saturated heterocycles. The van der Waals surface area contributed by atoms with E-state index in [0.717, 1.165) is 32.5 Å². The Hall–Kier alpha value is -1.11. The molecule has 0 unspecified atom stereocenters. The highest BCUT2D eigenvalue weighted by molar-refractivity contribution is 7.09. The van der Waals surface area contributed by atoms with Crippen molar-refractivity contribution >= 4 is 46.1 Å². The molecule has 0 aliphatic carbocycles. The summed E-state index contributed by atoms with van der Waals surface area (Å²) in [7, 11) is 0. The van der Waals surface area contributed by atoms with Gasteiger partial charge in [-0.1, -0.05) is 35.3 Å². The molecule has 0 saturated carbocycles. The molecule has 2 heterocycles. The number of benzene rings is 1. The van der Waals surface area contributed by atoms with Crippen LogP contribution in [0.25, 0.3) is 0 Å². The first-order valence-electron chi connectivity index (χ1n) is 8.22. The second-order valence-corrected chi connectivity index (χ2v) is 7.88. The van der Waals surface area contributed by atoms with Crippen molar-refractivity contribution in [2.45, 2.75) is 25.5 Å². The topological polar surface area (TPSA) is 41.6 Å². The predicted octanol–water partition coefficient (Wildman–Crippen LogP) is 4.67. The maximum Gasteiger partial charge on any atom is 0.238 e. The van der Waals surface area contributed by atoms with Crippen molar-refractivity contribution in [3.63, 3.8) is 0 Å². The zero-order valence-electron chi connectivity index (χ0n) is 13.7. The first kappa shape index (κ1) is 18.7. The summed E-state index contributed by atoms with van der Waals surface area (Å²) in [5.41, 5.74) is 0.462. The molecule has 0 spiro atoms. The summed E-state index contributed by atoms with van der Waals surface area (Å²) in [6.07, 6.45) is 2.31. The number of para-hydroxylation sites is 1. The van der Waals surface area contributed by atoms with Crippen molar-refractivity contribution < 1.29 is 9.53 Å². The van der Waals surface area contributed by atoms with E-state index in [2.05, 4.69) is 16.3 Å². The van der Waals surface area contributed by atoms with Crippen molar-refractivity contribution in [3.8, 4) is 0 Å². The van der Waals surface area contributed by atoms with Gasteiger partial charge in [0.25, 0.3) is 0 Å². The minimum atomic E-state index is -0.135. The number of anilines is 1. The van der Waals surface area contributed by atoms with Crippen LogP contribution in [-0.4, -0.2) is 36.6 Å². The van der Waals surface area contributed by atoms with Crippen molar-refractivity contribution in [1.82, 2.24) is 4.90 Å². The molecular weight excluding hydrogens is 379 g/mol. The van der Waals surface area contributed by atoms with Gasteiger partial charge in [-0.3, -0.25) is 9.69 Å². The third-order valence-corrected chi connectivity index (χ3v) is 5.53. The number of nitrogens with one attached hydrogen (secondary N) is 1. The van der Waals surface area contributed by atoms with Crippen LogP contribution in [0.1, 0.15) is 17.7 Å². The van der Waals surface area contributed by atoms with Crippen LogP contribution in [-0.2, 0) is 16.1 Å². The molecule has 1 amide bonds. The molecule has 4 nitrogen and oxygen atoms in total. The molecular formula is C18H20Cl2N2O2S. The van der Waals surface area contributed by atoms with E-state index in [4.69, 9.17) is 27.9 Å². The quantitative estimate of drug-likeness (QED) is 0.736. The second kappa shape index (κ2) is 9.01. The van der Waals surface area contributed by atoms with E-state index >= 15 is 0 Å². The highest BCUT2D eigenvalue weighted by Crippen LogP contribution is 2.29. The van der Waals surface area contributed by atoms with Crippen molar-refractivity contribution in [2.24, 2.45) is 0 Å². The number of carbonyl (C=O) groups is 1. The largest absolute Gasteiger partial charge is 0.377 e. The van der Waals surface area contributed by atoms with Gasteiger partial charge in [-0.05, 0) is 36.4 Å². The Balaban J connectivity index is 1.64. The lowest BCUT2D eigenvalue weighted by Crippen LogP contribution is -2.37.